The van der Waals surface area contributed by atoms with E-state index in [-0.39, 0.29) is 11.4 Å². The minimum Gasteiger partial charge on any atom is -0.480 e. The van der Waals surface area contributed by atoms with E-state index in [0.29, 0.717) is 12.3 Å². The highest BCUT2D eigenvalue weighted by atomic mass is 32.2. The summed E-state index contributed by atoms with van der Waals surface area (Å²) in [7, 11) is 0. The molecule has 0 radical (unpaired) electrons. The number of hydrogen-bond acceptors (Lipinski definition) is 3. The summed E-state index contributed by atoms with van der Waals surface area (Å²) in [6, 6.07) is -0.925. The molecule has 0 aromatic carbocycles. The van der Waals surface area contributed by atoms with E-state index in [1.165, 1.54) is 11.3 Å². The molecule has 1 heterocycles. The fourth-order valence-corrected chi connectivity index (χ4v) is 3.53. The number of nitrogens with zero attached hydrogens (tertiary/aromatic N) is 1. The SMILES string of the molecule is CCCCCCNC(=O)N1C(CC)SCC1C(=O)O. The summed E-state index contributed by atoms with van der Waals surface area (Å²) in [5.74, 6) is -0.429. The summed E-state index contributed by atoms with van der Waals surface area (Å²) in [6.45, 7) is 4.75. The third kappa shape index (κ3) is 4.60. The number of unbranched alkanes of at least 4 members (excludes halogenated alkanes) is 3. The van der Waals surface area contributed by atoms with Crippen LogP contribution in [0.2, 0.25) is 0 Å². The summed E-state index contributed by atoms with van der Waals surface area (Å²) in [6.07, 6.45) is 5.17. The highest BCUT2D eigenvalue weighted by Crippen LogP contribution is 2.31. The van der Waals surface area contributed by atoms with E-state index in [1.807, 2.05) is 6.92 Å². The fraction of sp³-hybridized carbons (Fsp3) is 0.846. The molecular weight excluding hydrogens is 264 g/mol. The van der Waals surface area contributed by atoms with Gasteiger partial charge >= 0.3 is 12.0 Å². The zero-order valence-corrected chi connectivity index (χ0v) is 12.5. The van der Waals surface area contributed by atoms with Crippen molar-refractivity contribution in [1.29, 1.82) is 0 Å². The van der Waals surface area contributed by atoms with Crippen LogP contribution in [-0.4, -0.2) is 45.7 Å². The summed E-state index contributed by atoms with van der Waals surface area (Å²) in [4.78, 5) is 24.8. The Morgan fingerprint density at radius 1 is 1.32 bits per heavy atom. The number of amides is 2. The van der Waals surface area contributed by atoms with Gasteiger partial charge in [0.1, 0.15) is 6.04 Å². The number of carbonyl (C=O) groups is 2. The number of thioether (sulfide) groups is 1. The molecule has 2 unspecified atom stereocenters. The van der Waals surface area contributed by atoms with Crippen LogP contribution in [0.4, 0.5) is 4.79 Å². The minimum atomic E-state index is -0.912. The third-order valence-electron chi connectivity index (χ3n) is 3.27. The van der Waals surface area contributed by atoms with Gasteiger partial charge in [0.15, 0.2) is 0 Å². The van der Waals surface area contributed by atoms with E-state index in [2.05, 4.69) is 12.2 Å². The van der Waals surface area contributed by atoms with Crippen molar-refractivity contribution in [3.05, 3.63) is 0 Å². The van der Waals surface area contributed by atoms with Crippen LogP contribution >= 0.6 is 11.8 Å². The van der Waals surface area contributed by atoms with Crippen molar-refractivity contribution in [1.82, 2.24) is 10.2 Å². The number of hydrogen-bond donors (Lipinski definition) is 2. The molecule has 0 aromatic heterocycles. The van der Waals surface area contributed by atoms with E-state index >= 15 is 0 Å². The Morgan fingerprint density at radius 3 is 2.63 bits per heavy atom. The highest BCUT2D eigenvalue weighted by Gasteiger charge is 2.40. The van der Waals surface area contributed by atoms with Gasteiger partial charge in [-0.05, 0) is 12.8 Å². The minimum absolute atomic E-state index is 0.0169. The molecule has 1 rings (SSSR count). The van der Waals surface area contributed by atoms with Crippen LogP contribution in [0, 0.1) is 0 Å². The molecule has 1 fully saturated rings. The van der Waals surface area contributed by atoms with Gasteiger partial charge in [-0.2, -0.15) is 0 Å². The molecule has 1 aliphatic rings. The van der Waals surface area contributed by atoms with Gasteiger partial charge in [-0.1, -0.05) is 33.1 Å². The molecule has 2 N–H and O–H groups in total. The molecule has 6 heteroatoms. The number of rotatable bonds is 7. The van der Waals surface area contributed by atoms with E-state index in [9.17, 15) is 9.59 Å². The van der Waals surface area contributed by atoms with Gasteiger partial charge in [-0.3, -0.25) is 4.90 Å². The second-order valence-electron chi connectivity index (χ2n) is 4.75. The topological polar surface area (TPSA) is 69.6 Å². The van der Waals surface area contributed by atoms with Crippen LogP contribution in [0.15, 0.2) is 0 Å². The van der Waals surface area contributed by atoms with Crippen molar-refractivity contribution < 1.29 is 14.7 Å². The van der Waals surface area contributed by atoms with E-state index < -0.39 is 12.0 Å². The van der Waals surface area contributed by atoms with Crippen LogP contribution in [0.25, 0.3) is 0 Å². The first kappa shape index (κ1) is 16.1. The maximum Gasteiger partial charge on any atom is 0.327 e. The number of carboxylic acid groups (broad SMARTS) is 1. The van der Waals surface area contributed by atoms with E-state index in [1.54, 1.807) is 11.8 Å². The zero-order chi connectivity index (χ0) is 14.3. The van der Waals surface area contributed by atoms with Gasteiger partial charge in [0.25, 0.3) is 0 Å². The first-order valence-corrected chi connectivity index (χ1v) is 8.07. The molecule has 0 spiro atoms. The fourth-order valence-electron chi connectivity index (χ4n) is 2.18. The number of aliphatic carboxylic acids is 1. The van der Waals surface area contributed by atoms with Gasteiger partial charge in [-0.15, -0.1) is 11.8 Å². The Morgan fingerprint density at radius 2 is 2.05 bits per heavy atom. The first-order chi connectivity index (χ1) is 9.11. The Kier molecular flexibility index (Phi) is 7.05. The van der Waals surface area contributed by atoms with Crippen molar-refractivity contribution in [2.45, 2.75) is 57.4 Å². The van der Waals surface area contributed by atoms with E-state index in [4.69, 9.17) is 5.11 Å². The Labute approximate surface area is 119 Å². The molecule has 2 atom stereocenters. The van der Waals surface area contributed by atoms with Gasteiger partial charge in [0.2, 0.25) is 0 Å². The summed E-state index contributed by atoms with van der Waals surface area (Å²) in [5.41, 5.74) is 0. The average Bonchev–Trinajstić information content (AvgIpc) is 2.82. The van der Waals surface area contributed by atoms with Crippen LogP contribution in [0.3, 0.4) is 0 Å². The molecule has 19 heavy (non-hydrogen) atoms. The predicted octanol–water partition coefficient (Wildman–Crippen LogP) is 2.51. The molecule has 0 aromatic rings. The third-order valence-corrected chi connectivity index (χ3v) is 4.72. The van der Waals surface area contributed by atoms with Gasteiger partial charge in [-0.25, -0.2) is 9.59 Å². The van der Waals surface area contributed by atoms with Crippen LogP contribution in [0.5, 0.6) is 0 Å². The molecule has 0 bridgehead atoms. The Hall–Kier alpha value is -0.910. The average molecular weight is 288 g/mol. The summed E-state index contributed by atoms with van der Waals surface area (Å²) in [5, 5.41) is 12.0. The Balaban J connectivity index is 2.44. The van der Waals surface area contributed by atoms with Crippen molar-refractivity contribution in [3.63, 3.8) is 0 Å². The van der Waals surface area contributed by atoms with E-state index in [0.717, 1.165) is 25.7 Å². The summed E-state index contributed by atoms with van der Waals surface area (Å²) < 4.78 is 0. The normalized spacial score (nSPS) is 22.5. The lowest BCUT2D eigenvalue weighted by Crippen LogP contribution is -2.50. The monoisotopic (exact) mass is 288 g/mol. The molecule has 0 aliphatic carbocycles. The second-order valence-corrected chi connectivity index (χ2v) is 5.96. The highest BCUT2D eigenvalue weighted by molar-refractivity contribution is 8.00. The number of nitrogens with one attached hydrogen (secondary N) is 1. The van der Waals surface area contributed by atoms with Crippen LogP contribution in [-0.2, 0) is 4.79 Å². The molecule has 0 saturated carbocycles. The first-order valence-electron chi connectivity index (χ1n) is 7.02. The zero-order valence-electron chi connectivity index (χ0n) is 11.7. The predicted molar refractivity (Wildman–Crippen MR) is 77.3 cm³/mol. The van der Waals surface area contributed by atoms with Crippen LogP contribution in [0.1, 0.15) is 46.0 Å². The van der Waals surface area contributed by atoms with Crippen LogP contribution < -0.4 is 5.32 Å². The number of carboxylic acids is 1. The van der Waals surface area contributed by atoms with Crippen molar-refractivity contribution in [2.24, 2.45) is 0 Å². The standard InChI is InChI=1S/C13H24N2O3S/c1-3-5-6-7-8-14-13(18)15-10(12(16)17)9-19-11(15)4-2/h10-11H,3-9H2,1-2H3,(H,14,18)(H,16,17). The molecule has 2 amide bonds. The lowest BCUT2D eigenvalue weighted by atomic mass is 10.2. The molecular formula is C13H24N2O3S. The van der Waals surface area contributed by atoms with Gasteiger partial charge in [0.05, 0.1) is 5.37 Å². The maximum absolute atomic E-state index is 12.1. The smallest absolute Gasteiger partial charge is 0.327 e. The lowest BCUT2D eigenvalue weighted by Gasteiger charge is -2.26. The second kappa shape index (κ2) is 8.30. The summed E-state index contributed by atoms with van der Waals surface area (Å²) >= 11 is 1.55. The van der Waals surface area contributed by atoms with Gasteiger partial charge < -0.3 is 10.4 Å². The largest absolute Gasteiger partial charge is 0.480 e. The number of carbonyl (C=O) groups excluding carboxylic acids is 1. The molecule has 110 valence electrons. The maximum atomic E-state index is 12.1. The Bertz CT molecular complexity index is 312. The molecule has 1 saturated heterocycles. The molecule has 1 aliphatic heterocycles. The van der Waals surface area contributed by atoms with Crippen molar-refractivity contribution in [2.75, 3.05) is 12.3 Å². The lowest BCUT2D eigenvalue weighted by molar-refractivity contribution is -0.141. The number of urea groups is 1. The van der Waals surface area contributed by atoms with Crippen molar-refractivity contribution in [3.8, 4) is 0 Å². The van der Waals surface area contributed by atoms with Gasteiger partial charge in [0, 0.05) is 12.3 Å². The molecule has 5 nitrogen and oxygen atoms in total. The van der Waals surface area contributed by atoms with Crippen molar-refractivity contribution >= 4 is 23.8 Å². The quantitative estimate of drug-likeness (QED) is 0.706.